The zero-order valence-electron chi connectivity index (χ0n) is 10.1. The second-order valence-electron chi connectivity index (χ2n) is 4.84. The molecular weight excluding hydrogens is 234 g/mol. The van der Waals surface area contributed by atoms with Crippen molar-refractivity contribution >= 4 is 11.7 Å². The summed E-state index contributed by atoms with van der Waals surface area (Å²) in [7, 11) is 0. The number of ether oxygens (including phenoxy) is 2. The third kappa shape index (κ3) is 1.96. The number of aryl methyl sites for hydroxylation is 1. The first-order valence-corrected chi connectivity index (χ1v) is 6.02. The van der Waals surface area contributed by atoms with Crippen molar-refractivity contribution in [3.05, 3.63) is 17.7 Å². The molecule has 0 amide bonds. The van der Waals surface area contributed by atoms with Gasteiger partial charge in [0.2, 0.25) is 6.79 Å². The summed E-state index contributed by atoms with van der Waals surface area (Å²) >= 11 is 0. The van der Waals surface area contributed by atoms with Crippen LogP contribution in [0.2, 0.25) is 0 Å². The lowest BCUT2D eigenvalue weighted by atomic mass is 10.1. The Balaban J connectivity index is 1.65. The minimum Gasteiger partial charge on any atom is -0.481 e. The fraction of sp³-hybridized carbons (Fsp3) is 0.462. The summed E-state index contributed by atoms with van der Waals surface area (Å²) in [6, 6.07) is 3.85. The molecule has 0 bridgehead atoms. The Bertz CT molecular complexity index is 500. The van der Waals surface area contributed by atoms with Crippen molar-refractivity contribution in [3.63, 3.8) is 0 Å². The van der Waals surface area contributed by atoms with E-state index in [-0.39, 0.29) is 18.6 Å². The van der Waals surface area contributed by atoms with Gasteiger partial charge in [0.05, 0.1) is 5.92 Å². The zero-order valence-corrected chi connectivity index (χ0v) is 10.1. The lowest BCUT2D eigenvalue weighted by Gasteiger charge is -2.10. The standard InChI is InChI=1S/C13H15NO4/c1-7-2-11-12(18-6-17-11)4-10(7)14-5-8-3-9(8)13(15)16/h2,4,8-9,14H,3,5-6H2,1H3,(H,15,16). The van der Waals surface area contributed by atoms with E-state index in [9.17, 15) is 4.79 Å². The molecule has 5 heteroatoms. The van der Waals surface area contributed by atoms with Crippen LogP contribution in [0.25, 0.3) is 0 Å². The van der Waals surface area contributed by atoms with Crippen LogP contribution in [0.4, 0.5) is 5.69 Å². The van der Waals surface area contributed by atoms with Crippen molar-refractivity contribution in [2.45, 2.75) is 13.3 Å². The van der Waals surface area contributed by atoms with E-state index in [1.165, 1.54) is 0 Å². The summed E-state index contributed by atoms with van der Waals surface area (Å²) in [5.74, 6) is 0.893. The third-order valence-electron chi connectivity index (χ3n) is 3.51. The van der Waals surface area contributed by atoms with Crippen LogP contribution in [-0.4, -0.2) is 24.4 Å². The topological polar surface area (TPSA) is 67.8 Å². The van der Waals surface area contributed by atoms with Crippen molar-refractivity contribution in [3.8, 4) is 11.5 Å². The average molecular weight is 249 g/mol. The second-order valence-corrected chi connectivity index (χ2v) is 4.84. The smallest absolute Gasteiger partial charge is 0.306 e. The molecule has 1 aliphatic heterocycles. The Morgan fingerprint density at radius 1 is 1.44 bits per heavy atom. The van der Waals surface area contributed by atoms with Gasteiger partial charge in [-0.2, -0.15) is 0 Å². The number of carbonyl (C=O) groups is 1. The number of fused-ring (bicyclic) bond motifs is 1. The monoisotopic (exact) mass is 249 g/mol. The summed E-state index contributed by atoms with van der Waals surface area (Å²) in [6.07, 6.45) is 0.770. The Morgan fingerprint density at radius 2 is 2.17 bits per heavy atom. The zero-order chi connectivity index (χ0) is 12.7. The Morgan fingerprint density at radius 3 is 2.83 bits per heavy atom. The number of carboxylic acids is 1. The van der Waals surface area contributed by atoms with E-state index in [1.807, 2.05) is 19.1 Å². The molecule has 2 N–H and O–H groups in total. The predicted molar refractivity (Wildman–Crippen MR) is 65.0 cm³/mol. The number of rotatable bonds is 4. The van der Waals surface area contributed by atoms with E-state index in [0.29, 0.717) is 6.54 Å². The highest BCUT2D eigenvalue weighted by Crippen LogP contribution is 2.40. The van der Waals surface area contributed by atoms with Gasteiger partial charge in [0.15, 0.2) is 11.5 Å². The van der Waals surface area contributed by atoms with Gasteiger partial charge in [-0.25, -0.2) is 0 Å². The van der Waals surface area contributed by atoms with Crippen molar-refractivity contribution in [1.82, 2.24) is 0 Å². The summed E-state index contributed by atoms with van der Waals surface area (Å²) < 4.78 is 10.6. The lowest BCUT2D eigenvalue weighted by molar-refractivity contribution is -0.138. The summed E-state index contributed by atoms with van der Waals surface area (Å²) in [4.78, 5) is 10.7. The molecule has 1 fully saturated rings. The maximum atomic E-state index is 10.7. The molecule has 5 nitrogen and oxygen atoms in total. The fourth-order valence-corrected chi connectivity index (χ4v) is 2.25. The van der Waals surface area contributed by atoms with E-state index in [2.05, 4.69) is 5.32 Å². The molecule has 0 aromatic heterocycles. The van der Waals surface area contributed by atoms with Crippen molar-refractivity contribution < 1.29 is 19.4 Å². The Hall–Kier alpha value is -1.91. The number of nitrogens with one attached hydrogen (secondary N) is 1. The van der Waals surface area contributed by atoms with Crippen molar-refractivity contribution in [1.29, 1.82) is 0 Å². The highest BCUT2D eigenvalue weighted by atomic mass is 16.7. The van der Waals surface area contributed by atoms with E-state index in [0.717, 1.165) is 29.2 Å². The molecule has 1 saturated carbocycles. The van der Waals surface area contributed by atoms with Gasteiger partial charge in [-0.15, -0.1) is 0 Å². The van der Waals surface area contributed by atoms with Crippen LogP contribution in [0.1, 0.15) is 12.0 Å². The molecule has 1 aromatic rings. The molecule has 0 spiro atoms. The first kappa shape index (κ1) is 11.2. The first-order valence-electron chi connectivity index (χ1n) is 6.02. The SMILES string of the molecule is Cc1cc2c(cc1NCC1CC1C(=O)O)OCO2. The van der Waals surface area contributed by atoms with Gasteiger partial charge in [-0.1, -0.05) is 0 Å². The van der Waals surface area contributed by atoms with Crippen LogP contribution >= 0.6 is 0 Å². The number of hydrogen-bond donors (Lipinski definition) is 2. The number of anilines is 1. The summed E-state index contributed by atoms with van der Waals surface area (Å²) in [5.41, 5.74) is 2.06. The molecule has 1 aromatic carbocycles. The molecule has 1 heterocycles. The van der Waals surface area contributed by atoms with Crippen LogP contribution < -0.4 is 14.8 Å². The van der Waals surface area contributed by atoms with Gasteiger partial charge in [0.25, 0.3) is 0 Å². The summed E-state index contributed by atoms with van der Waals surface area (Å²) in [6.45, 7) is 2.95. The van der Waals surface area contributed by atoms with Gasteiger partial charge in [0.1, 0.15) is 0 Å². The van der Waals surface area contributed by atoms with Gasteiger partial charge >= 0.3 is 5.97 Å². The lowest BCUT2D eigenvalue weighted by Crippen LogP contribution is -2.09. The second kappa shape index (κ2) is 4.08. The highest BCUT2D eigenvalue weighted by molar-refractivity contribution is 5.73. The molecule has 1 aliphatic carbocycles. The van der Waals surface area contributed by atoms with Gasteiger partial charge in [-0.05, 0) is 30.9 Å². The normalized spacial score (nSPS) is 23.8. The maximum absolute atomic E-state index is 10.7. The fourth-order valence-electron chi connectivity index (χ4n) is 2.25. The van der Waals surface area contributed by atoms with E-state index >= 15 is 0 Å². The molecule has 2 aliphatic rings. The summed E-state index contributed by atoms with van der Waals surface area (Å²) in [5, 5.41) is 12.1. The first-order chi connectivity index (χ1) is 8.65. The Kier molecular flexibility index (Phi) is 2.54. The average Bonchev–Trinajstić information content (AvgIpc) is 2.98. The minimum absolute atomic E-state index is 0.174. The molecule has 96 valence electrons. The number of benzene rings is 1. The molecule has 2 atom stereocenters. The van der Waals surface area contributed by atoms with Gasteiger partial charge in [-0.3, -0.25) is 4.79 Å². The van der Waals surface area contributed by atoms with Crippen molar-refractivity contribution in [2.75, 3.05) is 18.7 Å². The van der Waals surface area contributed by atoms with Gasteiger partial charge in [0, 0.05) is 18.3 Å². The molecule has 3 rings (SSSR count). The molecule has 2 unspecified atom stereocenters. The molecule has 0 saturated heterocycles. The largest absolute Gasteiger partial charge is 0.481 e. The quantitative estimate of drug-likeness (QED) is 0.852. The van der Waals surface area contributed by atoms with E-state index in [4.69, 9.17) is 14.6 Å². The third-order valence-corrected chi connectivity index (χ3v) is 3.51. The van der Waals surface area contributed by atoms with Crippen LogP contribution in [0, 0.1) is 18.8 Å². The van der Waals surface area contributed by atoms with E-state index < -0.39 is 5.97 Å². The van der Waals surface area contributed by atoms with Crippen LogP contribution in [0.15, 0.2) is 12.1 Å². The Labute approximate surface area is 105 Å². The highest BCUT2D eigenvalue weighted by Gasteiger charge is 2.42. The van der Waals surface area contributed by atoms with Crippen molar-refractivity contribution in [2.24, 2.45) is 11.8 Å². The maximum Gasteiger partial charge on any atom is 0.306 e. The number of carboxylic acid groups (broad SMARTS) is 1. The molecule has 18 heavy (non-hydrogen) atoms. The van der Waals surface area contributed by atoms with E-state index in [1.54, 1.807) is 0 Å². The van der Waals surface area contributed by atoms with Crippen LogP contribution in [0.3, 0.4) is 0 Å². The number of aliphatic carboxylic acids is 1. The molecule has 0 radical (unpaired) electrons. The predicted octanol–water partition coefficient (Wildman–Crippen LogP) is 1.86. The number of hydrogen-bond acceptors (Lipinski definition) is 4. The van der Waals surface area contributed by atoms with Crippen LogP contribution in [-0.2, 0) is 4.79 Å². The molecular formula is C13H15NO4. The minimum atomic E-state index is -0.691. The van der Waals surface area contributed by atoms with Crippen LogP contribution in [0.5, 0.6) is 11.5 Å². The van der Waals surface area contributed by atoms with Gasteiger partial charge < -0.3 is 19.9 Å².